The standard InChI is InChI=1S/C24H41NO2/c1-4-5-6-7-8-9-10-11-12-13-14-15-24(26)25-20-22-16-18-23(19-17-22)27-21(2)3/h16-19,21H,4-15,20H2,1-3H3,(H,25,26). The number of hydrogen-bond acceptors (Lipinski definition) is 2. The van der Waals surface area contributed by atoms with E-state index in [-0.39, 0.29) is 12.0 Å². The van der Waals surface area contributed by atoms with Crippen LogP contribution in [0.4, 0.5) is 0 Å². The van der Waals surface area contributed by atoms with Crippen LogP contribution in [0.15, 0.2) is 24.3 Å². The lowest BCUT2D eigenvalue weighted by molar-refractivity contribution is -0.121. The molecule has 3 heteroatoms. The van der Waals surface area contributed by atoms with Crippen LogP contribution in [0.25, 0.3) is 0 Å². The molecule has 1 aromatic rings. The Labute approximate surface area is 167 Å². The number of carbonyl (C=O) groups is 1. The number of amides is 1. The van der Waals surface area contributed by atoms with Crippen LogP contribution in [-0.2, 0) is 11.3 Å². The maximum atomic E-state index is 12.0. The molecule has 0 bridgehead atoms. The second-order valence-corrected chi connectivity index (χ2v) is 7.87. The van der Waals surface area contributed by atoms with E-state index in [1.54, 1.807) is 0 Å². The fourth-order valence-corrected chi connectivity index (χ4v) is 3.20. The monoisotopic (exact) mass is 375 g/mol. The summed E-state index contributed by atoms with van der Waals surface area (Å²) in [7, 11) is 0. The Hall–Kier alpha value is -1.51. The Kier molecular flexibility index (Phi) is 13.5. The Morgan fingerprint density at radius 3 is 1.89 bits per heavy atom. The highest BCUT2D eigenvalue weighted by atomic mass is 16.5. The predicted molar refractivity (Wildman–Crippen MR) is 115 cm³/mol. The van der Waals surface area contributed by atoms with E-state index in [2.05, 4.69) is 12.2 Å². The molecule has 0 saturated heterocycles. The summed E-state index contributed by atoms with van der Waals surface area (Å²) in [5, 5.41) is 3.01. The second kappa shape index (κ2) is 15.5. The molecule has 1 N–H and O–H groups in total. The van der Waals surface area contributed by atoms with Gasteiger partial charge in [-0.25, -0.2) is 0 Å². The SMILES string of the molecule is CCCCCCCCCCCCCC(=O)NCc1ccc(OC(C)C)cc1. The highest BCUT2D eigenvalue weighted by Crippen LogP contribution is 2.14. The summed E-state index contributed by atoms with van der Waals surface area (Å²) in [4.78, 5) is 12.0. The van der Waals surface area contributed by atoms with Gasteiger partial charge in [-0.2, -0.15) is 0 Å². The average Bonchev–Trinajstić information content (AvgIpc) is 2.65. The van der Waals surface area contributed by atoms with Crippen molar-refractivity contribution < 1.29 is 9.53 Å². The fourth-order valence-electron chi connectivity index (χ4n) is 3.20. The van der Waals surface area contributed by atoms with E-state index in [9.17, 15) is 4.79 Å². The molecule has 0 aliphatic carbocycles. The van der Waals surface area contributed by atoms with E-state index in [1.165, 1.54) is 64.2 Å². The Balaban J connectivity index is 1.97. The molecule has 1 rings (SSSR count). The highest BCUT2D eigenvalue weighted by molar-refractivity contribution is 5.75. The number of carbonyl (C=O) groups excluding carboxylic acids is 1. The maximum absolute atomic E-state index is 12.0. The summed E-state index contributed by atoms with van der Waals surface area (Å²) in [6.07, 6.45) is 15.2. The molecule has 0 spiro atoms. The number of rotatable bonds is 16. The van der Waals surface area contributed by atoms with Gasteiger partial charge in [0.2, 0.25) is 5.91 Å². The Morgan fingerprint density at radius 2 is 1.37 bits per heavy atom. The zero-order valence-electron chi connectivity index (χ0n) is 17.9. The fraction of sp³-hybridized carbons (Fsp3) is 0.708. The Morgan fingerprint density at radius 1 is 0.852 bits per heavy atom. The quantitative estimate of drug-likeness (QED) is 0.323. The van der Waals surface area contributed by atoms with Gasteiger partial charge in [0.05, 0.1) is 6.10 Å². The summed E-state index contributed by atoms with van der Waals surface area (Å²) < 4.78 is 5.63. The van der Waals surface area contributed by atoms with Gasteiger partial charge in [-0.15, -0.1) is 0 Å². The van der Waals surface area contributed by atoms with Crippen molar-refractivity contribution in [1.29, 1.82) is 0 Å². The molecule has 1 aromatic carbocycles. The van der Waals surface area contributed by atoms with Gasteiger partial charge >= 0.3 is 0 Å². The molecule has 0 aromatic heterocycles. The summed E-state index contributed by atoms with van der Waals surface area (Å²) in [6, 6.07) is 7.96. The van der Waals surface area contributed by atoms with Crippen LogP contribution < -0.4 is 10.1 Å². The molecule has 0 aliphatic heterocycles. The number of nitrogens with one attached hydrogen (secondary N) is 1. The van der Waals surface area contributed by atoms with Crippen molar-refractivity contribution in [2.75, 3.05) is 0 Å². The zero-order valence-corrected chi connectivity index (χ0v) is 17.9. The van der Waals surface area contributed by atoms with Crippen molar-refractivity contribution in [3.05, 3.63) is 29.8 Å². The maximum Gasteiger partial charge on any atom is 0.220 e. The first kappa shape index (κ1) is 23.5. The van der Waals surface area contributed by atoms with Crippen molar-refractivity contribution in [3.8, 4) is 5.75 Å². The van der Waals surface area contributed by atoms with E-state index >= 15 is 0 Å². The summed E-state index contributed by atoms with van der Waals surface area (Å²) >= 11 is 0. The number of hydrogen-bond donors (Lipinski definition) is 1. The van der Waals surface area contributed by atoms with Crippen LogP contribution in [-0.4, -0.2) is 12.0 Å². The van der Waals surface area contributed by atoms with E-state index in [4.69, 9.17) is 4.74 Å². The van der Waals surface area contributed by atoms with Crippen molar-refractivity contribution >= 4 is 5.91 Å². The van der Waals surface area contributed by atoms with E-state index in [0.717, 1.165) is 17.7 Å². The smallest absolute Gasteiger partial charge is 0.220 e. The number of unbranched alkanes of at least 4 members (excludes halogenated alkanes) is 10. The van der Waals surface area contributed by atoms with E-state index in [1.807, 2.05) is 38.1 Å². The molecule has 3 nitrogen and oxygen atoms in total. The van der Waals surface area contributed by atoms with Crippen molar-refractivity contribution in [2.24, 2.45) is 0 Å². The molecule has 154 valence electrons. The first-order valence-corrected chi connectivity index (χ1v) is 11.1. The van der Waals surface area contributed by atoms with Gasteiger partial charge in [0.15, 0.2) is 0 Å². The van der Waals surface area contributed by atoms with E-state index in [0.29, 0.717) is 13.0 Å². The molecule has 0 heterocycles. The van der Waals surface area contributed by atoms with Gasteiger partial charge in [0.1, 0.15) is 5.75 Å². The molecule has 0 saturated carbocycles. The third-order valence-corrected chi connectivity index (χ3v) is 4.79. The minimum Gasteiger partial charge on any atom is -0.491 e. The second-order valence-electron chi connectivity index (χ2n) is 7.87. The third kappa shape index (κ3) is 13.3. The first-order valence-electron chi connectivity index (χ1n) is 11.1. The van der Waals surface area contributed by atoms with Gasteiger partial charge < -0.3 is 10.1 Å². The third-order valence-electron chi connectivity index (χ3n) is 4.79. The van der Waals surface area contributed by atoms with Crippen LogP contribution in [0.5, 0.6) is 5.75 Å². The molecule has 1 amide bonds. The topological polar surface area (TPSA) is 38.3 Å². The summed E-state index contributed by atoms with van der Waals surface area (Å²) in [6.45, 7) is 6.89. The van der Waals surface area contributed by atoms with Crippen LogP contribution in [0.1, 0.15) is 103 Å². The van der Waals surface area contributed by atoms with Gasteiger partial charge in [-0.3, -0.25) is 4.79 Å². The normalized spacial score (nSPS) is 11.0. The summed E-state index contributed by atoms with van der Waals surface area (Å²) in [5.74, 6) is 1.04. The number of benzene rings is 1. The largest absolute Gasteiger partial charge is 0.491 e. The lowest BCUT2D eigenvalue weighted by atomic mass is 10.1. The molecule has 0 unspecified atom stereocenters. The number of ether oxygens (including phenoxy) is 1. The van der Waals surface area contributed by atoms with Crippen LogP contribution in [0.2, 0.25) is 0 Å². The molecule has 0 aliphatic rings. The average molecular weight is 376 g/mol. The minimum atomic E-state index is 0.161. The van der Waals surface area contributed by atoms with Crippen molar-refractivity contribution in [1.82, 2.24) is 5.32 Å². The van der Waals surface area contributed by atoms with Gasteiger partial charge in [0, 0.05) is 13.0 Å². The van der Waals surface area contributed by atoms with Crippen molar-refractivity contribution in [2.45, 2.75) is 110 Å². The van der Waals surface area contributed by atoms with Crippen LogP contribution in [0, 0.1) is 0 Å². The van der Waals surface area contributed by atoms with Gasteiger partial charge in [-0.05, 0) is 38.0 Å². The first-order chi connectivity index (χ1) is 13.1. The molecule has 0 fully saturated rings. The zero-order chi connectivity index (χ0) is 19.7. The van der Waals surface area contributed by atoms with Crippen LogP contribution >= 0.6 is 0 Å². The minimum absolute atomic E-state index is 0.161. The molecular weight excluding hydrogens is 334 g/mol. The molecule has 0 atom stereocenters. The lowest BCUT2D eigenvalue weighted by Gasteiger charge is -2.10. The molecule has 27 heavy (non-hydrogen) atoms. The van der Waals surface area contributed by atoms with Crippen molar-refractivity contribution in [3.63, 3.8) is 0 Å². The van der Waals surface area contributed by atoms with Gasteiger partial charge in [0.25, 0.3) is 0 Å². The molecule has 0 radical (unpaired) electrons. The highest BCUT2D eigenvalue weighted by Gasteiger charge is 2.03. The van der Waals surface area contributed by atoms with Crippen LogP contribution in [0.3, 0.4) is 0 Å². The Bertz CT molecular complexity index is 482. The molecular formula is C24H41NO2. The summed E-state index contributed by atoms with van der Waals surface area (Å²) in [5.41, 5.74) is 1.11. The van der Waals surface area contributed by atoms with Gasteiger partial charge in [-0.1, -0.05) is 83.3 Å². The lowest BCUT2D eigenvalue weighted by Crippen LogP contribution is -2.22. The van der Waals surface area contributed by atoms with E-state index < -0.39 is 0 Å². The predicted octanol–water partition coefficient (Wildman–Crippen LogP) is 6.79.